The Labute approximate surface area is 126 Å². The van der Waals surface area contributed by atoms with Crippen molar-refractivity contribution in [1.82, 2.24) is 4.90 Å². The van der Waals surface area contributed by atoms with E-state index >= 15 is 0 Å². The summed E-state index contributed by atoms with van der Waals surface area (Å²) in [6.45, 7) is 7.49. The minimum atomic E-state index is -0.0522. The second-order valence-corrected chi connectivity index (χ2v) is 6.49. The molecule has 0 atom stereocenters. The van der Waals surface area contributed by atoms with Crippen LogP contribution in [0.15, 0.2) is 24.3 Å². The molecule has 0 saturated carbocycles. The molecule has 4 heteroatoms. The van der Waals surface area contributed by atoms with Crippen molar-refractivity contribution in [2.45, 2.75) is 39.0 Å². The zero-order valence-electron chi connectivity index (χ0n) is 13.0. The SMILES string of the molecule is CC(C)(C)c1cccc(OCC(=O)N2CCC(=O)CC2)c1. The third kappa shape index (κ3) is 4.31. The summed E-state index contributed by atoms with van der Waals surface area (Å²) in [7, 11) is 0. The van der Waals surface area contributed by atoms with Crippen LogP contribution in [0.1, 0.15) is 39.2 Å². The third-order valence-electron chi connectivity index (χ3n) is 3.74. The second-order valence-electron chi connectivity index (χ2n) is 6.49. The number of hydrogen-bond acceptors (Lipinski definition) is 3. The molecule has 1 aliphatic heterocycles. The van der Waals surface area contributed by atoms with Gasteiger partial charge in [-0.3, -0.25) is 9.59 Å². The predicted molar refractivity (Wildman–Crippen MR) is 81.5 cm³/mol. The molecule has 1 amide bonds. The van der Waals surface area contributed by atoms with Gasteiger partial charge in [-0.1, -0.05) is 32.9 Å². The Hall–Kier alpha value is -1.84. The molecule has 0 bridgehead atoms. The Morgan fingerprint density at radius 2 is 1.90 bits per heavy atom. The Balaban J connectivity index is 1.91. The molecule has 0 unspecified atom stereocenters. The number of ether oxygens (including phenoxy) is 1. The minimum Gasteiger partial charge on any atom is -0.484 e. The monoisotopic (exact) mass is 289 g/mol. The molecule has 1 aromatic carbocycles. The van der Waals surface area contributed by atoms with Gasteiger partial charge in [-0.25, -0.2) is 0 Å². The standard InChI is InChI=1S/C17H23NO3/c1-17(2,3)13-5-4-6-15(11-13)21-12-16(20)18-9-7-14(19)8-10-18/h4-6,11H,7-10,12H2,1-3H3. The fourth-order valence-electron chi connectivity index (χ4n) is 2.29. The van der Waals surface area contributed by atoms with Gasteiger partial charge in [-0.15, -0.1) is 0 Å². The van der Waals surface area contributed by atoms with Crippen LogP contribution >= 0.6 is 0 Å². The number of Topliss-reactive ketones (excluding diaryl/α,β-unsaturated/α-hetero) is 1. The molecular formula is C17H23NO3. The molecular weight excluding hydrogens is 266 g/mol. The predicted octanol–water partition coefficient (Wildman–Crippen LogP) is 2.55. The third-order valence-corrected chi connectivity index (χ3v) is 3.74. The van der Waals surface area contributed by atoms with Gasteiger partial charge >= 0.3 is 0 Å². The molecule has 21 heavy (non-hydrogen) atoms. The van der Waals surface area contributed by atoms with Gasteiger partial charge in [0, 0.05) is 25.9 Å². The van der Waals surface area contributed by atoms with Crippen molar-refractivity contribution in [2.75, 3.05) is 19.7 Å². The lowest BCUT2D eigenvalue weighted by molar-refractivity contribution is -0.136. The highest BCUT2D eigenvalue weighted by molar-refractivity contribution is 5.83. The first kappa shape index (κ1) is 15.5. The maximum absolute atomic E-state index is 12.0. The van der Waals surface area contributed by atoms with E-state index in [4.69, 9.17) is 4.74 Å². The summed E-state index contributed by atoms with van der Waals surface area (Å²) in [6, 6.07) is 7.85. The van der Waals surface area contributed by atoms with Crippen LogP contribution in [0.4, 0.5) is 0 Å². The number of ketones is 1. The number of likely N-dealkylation sites (tertiary alicyclic amines) is 1. The summed E-state index contributed by atoms with van der Waals surface area (Å²) < 4.78 is 5.61. The highest BCUT2D eigenvalue weighted by atomic mass is 16.5. The normalized spacial score (nSPS) is 16.0. The lowest BCUT2D eigenvalue weighted by Gasteiger charge is -2.26. The number of piperidine rings is 1. The van der Waals surface area contributed by atoms with Crippen molar-refractivity contribution < 1.29 is 14.3 Å². The molecule has 114 valence electrons. The highest BCUT2D eigenvalue weighted by Crippen LogP contribution is 2.25. The summed E-state index contributed by atoms with van der Waals surface area (Å²) >= 11 is 0. The first-order valence-corrected chi connectivity index (χ1v) is 7.39. The molecule has 1 aromatic rings. The number of amides is 1. The summed E-state index contributed by atoms with van der Waals surface area (Å²) in [4.78, 5) is 24.9. The Morgan fingerprint density at radius 3 is 2.52 bits per heavy atom. The molecule has 0 spiro atoms. The van der Waals surface area contributed by atoms with Gasteiger partial charge in [0.1, 0.15) is 11.5 Å². The van der Waals surface area contributed by atoms with E-state index in [1.807, 2.05) is 18.2 Å². The van der Waals surface area contributed by atoms with Crippen LogP contribution in [0.2, 0.25) is 0 Å². The quantitative estimate of drug-likeness (QED) is 0.859. The van der Waals surface area contributed by atoms with Crippen LogP contribution < -0.4 is 4.74 Å². The smallest absolute Gasteiger partial charge is 0.260 e. The van der Waals surface area contributed by atoms with E-state index in [9.17, 15) is 9.59 Å². The number of hydrogen-bond donors (Lipinski definition) is 0. The molecule has 0 N–H and O–H groups in total. The lowest BCUT2D eigenvalue weighted by atomic mass is 9.87. The summed E-state index contributed by atoms with van der Waals surface area (Å²) in [5, 5.41) is 0. The van der Waals surface area contributed by atoms with E-state index in [0.29, 0.717) is 31.7 Å². The lowest BCUT2D eigenvalue weighted by Crippen LogP contribution is -2.41. The molecule has 1 saturated heterocycles. The van der Waals surface area contributed by atoms with Crippen LogP contribution in [-0.2, 0) is 15.0 Å². The van der Waals surface area contributed by atoms with Crippen molar-refractivity contribution >= 4 is 11.7 Å². The summed E-state index contributed by atoms with van der Waals surface area (Å²) in [6.07, 6.45) is 0.927. The first-order chi connectivity index (χ1) is 9.86. The van der Waals surface area contributed by atoms with Gasteiger partial charge in [0.05, 0.1) is 0 Å². The minimum absolute atomic E-state index is 0.0296. The number of carbonyl (C=O) groups is 2. The molecule has 1 aliphatic rings. The fourth-order valence-corrected chi connectivity index (χ4v) is 2.29. The van der Waals surface area contributed by atoms with Gasteiger partial charge in [0.2, 0.25) is 0 Å². The maximum atomic E-state index is 12.0. The van der Waals surface area contributed by atoms with Crippen LogP contribution in [0.3, 0.4) is 0 Å². The second kappa shape index (κ2) is 6.29. The zero-order valence-corrected chi connectivity index (χ0v) is 13.0. The first-order valence-electron chi connectivity index (χ1n) is 7.39. The van der Waals surface area contributed by atoms with E-state index in [2.05, 4.69) is 26.8 Å². The number of benzene rings is 1. The van der Waals surface area contributed by atoms with E-state index in [-0.39, 0.29) is 23.7 Å². The van der Waals surface area contributed by atoms with E-state index in [1.54, 1.807) is 4.90 Å². The number of nitrogens with zero attached hydrogens (tertiary/aromatic N) is 1. The molecule has 0 aromatic heterocycles. The Kier molecular flexibility index (Phi) is 4.66. The average molecular weight is 289 g/mol. The molecule has 2 rings (SSSR count). The van der Waals surface area contributed by atoms with Gasteiger partial charge in [-0.2, -0.15) is 0 Å². The van der Waals surface area contributed by atoms with Crippen LogP contribution in [0.5, 0.6) is 5.75 Å². The van der Waals surface area contributed by atoms with Crippen molar-refractivity contribution in [1.29, 1.82) is 0 Å². The van der Waals surface area contributed by atoms with Crippen molar-refractivity contribution in [3.05, 3.63) is 29.8 Å². The summed E-state index contributed by atoms with van der Waals surface area (Å²) in [5.41, 5.74) is 1.23. The zero-order chi connectivity index (χ0) is 15.5. The fraction of sp³-hybridized carbons (Fsp3) is 0.529. The van der Waals surface area contributed by atoms with E-state index in [1.165, 1.54) is 5.56 Å². The molecule has 1 fully saturated rings. The van der Waals surface area contributed by atoms with Crippen LogP contribution in [0, 0.1) is 0 Å². The van der Waals surface area contributed by atoms with Gasteiger partial charge in [-0.05, 0) is 23.1 Å². The van der Waals surface area contributed by atoms with E-state index < -0.39 is 0 Å². The van der Waals surface area contributed by atoms with Crippen molar-refractivity contribution in [3.8, 4) is 5.75 Å². The largest absolute Gasteiger partial charge is 0.484 e. The van der Waals surface area contributed by atoms with Crippen molar-refractivity contribution in [3.63, 3.8) is 0 Å². The molecule has 0 aliphatic carbocycles. The number of rotatable bonds is 3. The maximum Gasteiger partial charge on any atom is 0.260 e. The highest BCUT2D eigenvalue weighted by Gasteiger charge is 2.21. The number of carbonyl (C=O) groups excluding carboxylic acids is 2. The van der Waals surface area contributed by atoms with Gasteiger partial charge in [0.15, 0.2) is 6.61 Å². The van der Waals surface area contributed by atoms with E-state index in [0.717, 1.165) is 0 Å². The molecule has 0 radical (unpaired) electrons. The summed E-state index contributed by atoms with van der Waals surface area (Å²) in [5.74, 6) is 0.894. The molecule has 4 nitrogen and oxygen atoms in total. The Morgan fingerprint density at radius 1 is 1.24 bits per heavy atom. The topological polar surface area (TPSA) is 46.6 Å². The van der Waals surface area contributed by atoms with Crippen LogP contribution in [0.25, 0.3) is 0 Å². The van der Waals surface area contributed by atoms with Crippen LogP contribution in [-0.4, -0.2) is 36.3 Å². The average Bonchev–Trinajstić information content (AvgIpc) is 2.45. The van der Waals surface area contributed by atoms with Gasteiger partial charge < -0.3 is 9.64 Å². The Bertz CT molecular complexity index is 521. The van der Waals surface area contributed by atoms with Gasteiger partial charge in [0.25, 0.3) is 5.91 Å². The molecule has 1 heterocycles. The van der Waals surface area contributed by atoms with Crippen molar-refractivity contribution in [2.24, 2.45) is 0 Å².